The Bertz CT molecular complexity index is 1280. The van der Waals surface area contributed by atoms with Gasteiger partial charge in [-0.05, 0) is 44.0 Å². The molecule has 0 aliphatic heterocycles. The standard InChI is InChI=1S/C24H24ClN5O2S2/c1-14-10-18(11-15(2)21(14)25)32-16(3)22-28-29-24(30(22)4)34-13-20(31)27-23-26-19(12-33-23)17-8-6-5-7-9-17/h5-12,16H,13H2,1-4H3,(H,26,27,31). The molecule has 0 bridgehead atoms. The number of hydrogen-bond acceptors (Lipinski definition) is 7. The van der Waals surface area contributed by atoms with E-state index < -0.39 is 0 Å². The van der Waals surface area contributed by atoms with Gasteiger partial charge in [0.15, 0.2) is 22.2 Å². The van der Waals surface area contributed by atoms with Gasteiger partial charge in [-0.15, -0.1) is 21.5 Å². The van der Waals surface area contributed by atoms with Crippen LogP contribution >= 0.6 is 34.7 Å². The van der Waals surface area contributed by atoms with Crippen LogP contribution in [-0.4, -0.2) is 31.4 Å². The van der Waals surface area contributed by atoms with Crippen molar-refractivity contribution in [3.8, 4) is 17.0 Å². The van der Waals surface area contributed by atoms with Gasteiger partial charge in [0, 0.05) is 23.0 Å². The Kier molecular flexibility index (Phi) is 7.55. The Morgan fingerprint density at radius 3 is 2.62 bits per heavy atom. The molecule has 0 saturated heterocycles. The highest BCUT2D eigenvalue weighted by Crippen LogP contribution is 2.30. The Balaban J connectivity index is 1.34. The fourth-order valence-electron chi connectivity index (χ4n) is 3.40. The van der Waals surface area contributed by atoms with Crippen LogP contribution < -0.4 is 10.1 Å². The van der Waals surface area contributed by atoms with E-state index in [9.17, 15) is 4.79 Å². The van der Waals surface area contributed by atoms with E-state index in [4.69, 9.17) is 16.3 Å². The number of rotatable bonds is 8. The first kappa shape index (κ1) is 24.3. The molecular formula is C24H24ClN5O2S2. The number of hydrogen-bond donors (Lipinski definition) is 1. The van der Waals surface area contributed by atoms with Crippen LogP contribution in [0.25, 0.3) is 11.3 Å². The van der Waals surface area contributed by atoms with Crippen LogP contribution in [0.4, 0.5) is 5.13 Å². The summed E-state index contributed by atoms with van der Waals surface area (Å²) >= 11 is 8.96. The van der Waals surface area contributed by atoms with Crippen molar-refractivity contribution in [1.82, 2.24) is 19.7 Å². The van der Waals surface area contributed by atoms with Crippen molar-refractivity contribution in [3.63, 3.8) is 0 Å². The van der Waals surface area contributed by atoms with E-state index in [1.807, 2.05) is 80.2 Å². The second-order valence-corrected chi connectivity index (χ2v) is 9.95. The number of anilines is 1. The SMILES string of the molecule is Cc1cc(OC(C)c2nnc(SCC(=O)Nc3nc(-c4ccccc4)cs3)n2C)cc(C)c1Cl. The third-order valence-electron chi connectivity index (χ3n) is 5.11. The number of thioether (sulfide) groups is 1. The number of thiazole rings is 1. The van der Waals surface area contributed by atoms with Gasteiger partial charge in [-0.1, -0.05) is 53.7 Å². The number of ether oxygens (including phenoxy) is 1. The largest absolute Gasteiger partial charge is 0.483 e. The van der Waals surface area contributed by atoms with Crippen LogP contribution in [0.1, 0.15) is 30.0 Å². The van der Waals surface area contributed by atoms with Gasteiger partial charge in [0.05, 0.1) is 11.4 Å². The molecule has 1 N–H and O–H groups in total. The maximum Gasteiger partial charge on any atom is 0.236 e. The lowest BCUT2D eigenvalue weighted by Crippen LogP contribution is -2.14. The average Bonchev–Trinajstić information content (AvgIpc) is 3.43. The number of carbonyl (C=O) groups excluding carboxylic acids is 1. The van der Waals surface area contributed by atoms with Crippen LogP contribution in [0, 0.1) is 13.8 Å². The zero-order valence-electron chi connectivity index (χ0n) is 19.2. The van der Waals surface area contributed by atoms with E-state index in [1.54, 1.807) is 0 Å². The topological polar surface area (TPSA) is 81.9 Å². The van der Waals surface area contributed by atoms with Gasteiger partial charge in [0.1, 0.15) is 5.75 Å². The summed E-state index contributed by atoms with van der Waals surface area (Å²) in [5.74, 6) is 1.43. The highest BCUT2D eigenvalue weighted by Gasteiger charge is 2.19. The van der Waals surface area contributed by atoms with Crippen LogP contribution in [-0.2, 0) is 11.8 Å². The van der Waals surface area contributed by atoms with Gasteiger partial charge in [-0.25, -0.2) is 4.98 Å². The van der Waals surface area contributed by atoms with Crippen LogP contribution in [0.5, 0.6) is 5.75 Å². The molecule has 2 heterocycles. The van der Waals surface area contributed by atoms with E-state index in [-0.39, 0.29) is 17.8 Å². The molecule has 1 atom stereocenters. The van der Waals surface area contributed by atoms with E-state index in [1.165, 1.54) is 23.1 Å². The van der Waals surface area contributed by atoms with E-state index in [0.29, 0.717) is 16.1 Å². The molecule has 176 valence electrons. The number of halogens is 1. The van der Waals surface area contributed by atoms with Gasteiger partial charge in [-0.2, -0.15) is 0 Å². The zero-order chi connectivity index (χ0) is 24.2. The second kappa shape index (κ2) is 10.6. The normalized spacial score (nSPS) is 11.9. The van der Waals surface area contributed by atoms with Crippen LogP contribution in [0.2, 0.25) is 5.02 Å². The number of nitrogens with one attached hydrogen (secondary N) is 1. The maximum atomic E-state index is 12.5. The molecule has 10 heteroatoms. The predicted molar refractivity (Wildman–Crippen MR) is 138 cm³/mol. The minimum absolute atomic E-state index is 0.153. The summed E-state index contributed by atoms with van der Waals surface area (Å²) in [6, 6.07) is 13.7. The molecular weight excluding hydrogens is 490 g/mol. The number of nitrogens with zero attached hydrogens (tertiary/aromatic N) is 4. The minimum Gasteiger partial charge on any atom is -0.483 e. The van der Waals surface area contributed by atoms with Crippen molar-refractivity contribution in [2.24, 2.45) is 7.05 Å². The molecule has 1 unspecified atom stereocenters. The minimum atomic E-state index is -0.327. The molecule has 0 aliphatic carbocycles. The number of carbonyl (C=O) groups is 1. The average molecular weight is 514 g/mol. The highest BCUT2D eigenvalue weighted by molar-refractivity contribution is 7.99. The van der Waals surface area contributed by atoms with Crippen molar-refractivity contribution < 1.29 is 9.53 Å². The van der Waals surface area contributed by atoms with Crippen molar-refractivity contribution in [3.05, 3.63) is 69.8 Å². The summed E-state index contributed by atoms with van der Waals surface area (Å²) < 4.78 is 7.92. The Morgan fingerprint density at radius 1 is 1.21 bits per heavy atom. The van der Waals surface area contributed by atoms with Gasteiger partial charge in [-0.3, -0.25) is 4.79 Å². The molecule has 4 aromatic rings. The van der Waals surface area contributed by atoms with Gasteiger partial charge < -0.3 is 14.6 Å². The summed E-state index contributed by atoms with van der Waals surface area (Å²) in [6.45, 7) is 5.81. The third-order valence-corrected chi connectivity index (χ3v) is 7.48. The first-order chi connectivity index (χ1) is 16.3. The van der Waals surface area contributed by atoms with Crippen molar-refractivity contribution in [1.29, 1.82) is 0 Å². The molecule has 2 aromatic heterocycles. The van der Waals surface area contributed by atoms with Gasteiger partial charge >= 0.3 is 0 Å². The van der Waals surface area contributed by atoms with Gasteiger partial charge in [0.25, 0.3) is 0 Å². The quantitative estimate of drug-likeness (QED) is 0.287. The highest BCUT2D eigenvalue weighted by atomic mass is 35.5. The molecule has 34 heavy (non-hydrogen) atoms. The number of aryl methyl sites for hydroxylation is 2. The first-order valence-corrected chi connectivity index (χ1v) is 12.8. The van der Waals surface area contributed by atoms with Gasteiger partial charge in [0.2, 0.25) is 5.91 Å². The number of benzene rings is 2. The monoisotopic (exact) mass is 513 g/mol. The Labute approximate surface area is 211 Å². The van der Waals surface area contributed by atoms with Crippen molar-refractivity contribution >= 4 is 45.7 Å². The Morgan fingerprint density at radius 2 is 1.91 bits per heavy atom. The summed E-state index contributed by atoms with van der Waals surface area (Å²) in [5, 5.41) is 15.2. The summed E-state index contributed by atoms with van der Waals surface area (Å²) in [5.41, 5.74) is 3.77. The fourth-order valence-corrected chi connectivity index (χ4v) is 4.96. The number of aromatic nitrogens is 4. The lowest BCUT2D eigenvalue weighted by atomic mass is 10.1. The smallest absolute Gasteiger partial charge is 0.236 e. The third kappa shape index (κ3) is 5.60. The fraction of sp³-hybridized carbons (Fsp3) is 0.250. The molecule has 0 spiro atoms. The second-order valence-electron chi connectivity index (χ2n) is 7.77. The summed E-state index contributed by atoms with van der Waals surface area (Å²) in [4.78, 5) is 17.0. The van der Waals surface area contributed by atoms with Crippen molar-refractivity contribution in [2.75, 3.05) is 11.1 Å². The Hall–Kier alpha value is -2.88. The number of amides is 1. The van der Waals surface area contributed by atoms with Crippen molar-refractivity contribution in [2.45, 2.75) is 32.0 Å². The zero-order valence-corrected chi connectivity index (χ0v) is 21.6. The first-order valence-electron chi connectivity index (χ1n) is 10.6. The molecule has 2 aromatic carbocycles. The molecule has 4 rings (SSSR count). The molecule has 7 nitrogen and oxygen atoms in total. The lowest BCUT2D eigenvalue weighted by Gasteiger charge is -2.16. The lowest BCUT2D eigenvalue weighted by molar-refractivity contribution is -0.113. The summed E-state index contributed by atoms with van der Waals surface area (Å²) in [6.07, 6.45) is -0.327. The van der Waals surface area contributed by atoms with E-state index in [2.05, 4.69) is 20.5 Å². The van der Waals surface area contributed by atoms with E-state index >= 15 is 0 Å². The summed E-state index contributed by atoms with van der Waals surface area (Å²) in [7, 11) is 1.86. The predicted octanol–water partition coefficient (Wildman–Crippen LogP) is 6.08. The molecule has 0 aliphatic rings. The van der Waals surface area contributed by atoms with E-state index in [0.717, 1.165) is 33.2 Å². The molecule has 0 saturated carbocycles. The molecule has 1 amide bonds. The maximum absolute atomic E-state index is 12.5. The molecule has 0 fully saturated rings. The molecule has 0 radical (unpaired) electrons. The van der Waals surface area contributed by atoms with Crippen LogP contribution in [0.15, 0.2) is 53.0 Å². The van der Waals surface area contributed by atoms with Crippen LogP contribution in [0.3, 0.4) is 0 Å².